The predicted molar refractivity (Wildman–Crippen MR) is 84.5 cm³/mol. The molecule has 2 aliphatic heterocycles. The Morgan fingerprint density at radius 1 is 1.17 bits per heavy atom. The minimum Gasteiger partial charge on any atom is -0.336 e. The Morgan fingerprint density at radius 3 is 2.87 bits per heavy atom. The summed E-state index contributed by atoms with van der Waals surface area (Å²) in [5, 5.41) is 0. The molecule has 2 aromatic rings. The second-order valence-electron chi connectivity index (χ2n) is 6.25. The Kier molecular flexibility index (Phi) is 3.75. The van der Waals surface area contributed by atoms with E-state index in [0.717, 1.165) is 32.6 Å². The Hall–Kier alpha value is -2.34. The summed E-state index contributed by atoms with van der Waals surface area (Å²) in [7, 11) is 0. The number of carbonyl (C=O) groups excluding carboxylic acids is 1. The van der Waals surface area contributed by atoms with Gasteiger partial charge in [0.05, 0.1) is 6.20 Å². The van der Waals surface area contributed by atoms with Crippen LogP contribution in [0.2, 0.25) is 0 Å². The fourth-order valence-electron chi connectivity index (χ4n) is 3.57. The van der Waals surface area contributed by atoms with Crippen molar-refractivity contribution in [3.8, 4) is 0 Å². The van der Waals surface area contributed by atoms with E-state index in [-0.39, 0.29) is 5.91 Å². The normalized spacial score (nSPS) is 23.9. The lowest BCUT2D eigenvalue weighted by molar-refractivity contribution is -0.0429. The summed E-state index contributed by atoms with van der Waals surface area (Å²) in [6, 6.07) is 4.52. The minimum atomic E-state index is -0.00947. The maximum atomic E-state index is 12.5. The van der Waals surface area contributed by atoms with Crippen molar-refractivity contribution in [2.24, 2.45) is 5.92 Å². The molecule has 2 fully saturated rings. The van der Waals surface area contributed by atoms with Crippen molar-refractivity contribution in [1.29, 1.82) is 0 Å². The van der Waals surface area contributed by atoms with Gasteiger partial charge in [-0.05, 0) is 24.0 Å². The average Bonchev–Trinajstić information content (AvgIpc) is 2.61. The van der Waals surface area contributed by atoms with Crippen LogP contribution in [0.3, 0.4) is 0 Å². The van der Waals surface area contributed by atoms with E-state index in [1.165, 1.54) is 5.56 Å². The number of hydrogen-bond acceptors (Lipinski definition) is 5. The fourth-order valence-corrected chi connectivity index (χ4v) is 3.57. The molecule has 4 heterocycles. The van der Waals surface area contributed by atoms with Crippen molar-refractivity contribution in [3.05, 3.63) is 54.4 Å². The molecule has 0 aromatic carbocycles. The van der Waals surface area contributed by atoms with Gasteiger partial charge in [0.25, 0.3) is 5.91 Å². The van der Waals surface area contributed by atoms with Gasteiger partial charge in [-0.1, -0.05) is 6.07 Å². The molecule has 23 heavy (non-hydrogen) atoms. The maximum absolute atomic E-state index is 12.5. The predicted octanol–water partition coefficient (Wildman–Crippen LogP) is 1.22. The number of rotatable bonds is 3. The van der Waals surface area contributed by atoms with Gasteiger partial charge < -0.3 is 4.90 Å². The van der Waals surface area contributed by atoms with Gasteiger partial charge in [-0.15, -0.1) is 0 Å². The maximum Gasteiger partial charge on any atom is 0.274 e. The van der Waals surface area contributed by atoms with Gasteiger partial charge in [-0.2, -0.15) is 0 Å². The number of amides is 1. The lowest BCUT2D eigenvalue weighted by Crippen LogP contribution is -2.64. The highest BCUT2D eigenvalue weighted by Gasteiger charge is 2.43. The molecular formula is C17H19N5O. The minimum absolute atomic E-state index is 0.00947. The zero-order valence-electron chi connectivity index (χ0n) is 12.9. The topological polar surface area (TPSA) is 62.2 Å². The lowest BCUT2D eigenvalue weighted by Gasteiger charge is -2.53. The number of likely N-dealkylation sites (tertiary alicyclic amines) is 2. The van der Waals surface area contributed by atoms with E-state index in [1.807, 2.05) is 17.2 Å². The monoisotopic (exact) mass is 309 g/mol. The quantitative estimate of drug-likeness (QED) is 0.853. The third-order valence-corrected chi connectivity index (χ3v) is 4.84. The van der Waals surface area contributed by atoms with Crippen LogP contribution in [0.1, 0.15) is 22.5 Å². The average molecular weight is 309 g/mol. The highest BCUT2D eigenvalue weighted by Crippen LogP contribution is 2.33. The van der Waals surface area contributed by atoms with Crippen LogP contribution in [-0.4, -0.2) is 56.3 Å². The molecule has 0 aliphatic carbocycles. The zero-order chi connectivity index (χ0) is 15.6. The van der Waals surface area contributed by atoms with Gasteiger partial charge in [0.1, 0.15) is 5.69 Å². The van der Waals surface area contributed by atoms with Gasteiger partial charge in [-0.3, -0.25) is 19.7 Å². The van der Waals surface area contributed by atoms with E-state index in [4.69, 9.17) is 0 Å². The Morgan fingerprint density at radius 2 is 2.09 bits per heavy atom. The molecule has 6 nitrogen and oxygen atoms in total. The first-order chi connectivity index (χ1) is 11.3. The first kappa shape index (κ1) is 14.3. The number of aromatic nitrogens is 3. The summed E-state index contributed by atoms with van der Waals surface area (Å²) in [4.78, 5) is 29.2. The fraction of sp³-hybridized carbons (Fsp3) is 0.412. The Balaban J connectivity index is 1.41. The number of pyridine rings is 1. The second-order valence-corrected chi connectivity index (χ2v) is 6.25. The SMILES string of the molecule is O=C(c1cnccn1)N1CC[C@@H]2CN(Cc3cccnc3)[C@@H]2C1. The Labute approximate surface area is 135 Å². The van der Waals surface area contributed by atoms with E-state index in [0.29, 0.717) is 17.7 Å². The third-order valence-electron chi connectivity index (χ3n) is 4.84. The van der Waals surface area contributed by atoms with Crippen molar-refractivity contribution in [2.45, 2.75) is 19.0 Å². The van der Waals surface area contributed by atoms with Crippen LogP contribution in [0.4, 0.5) is 0 Å². The van der Waals surface area contributed by atoms with Gasteiger partial charge in [0.15, 0.2) is 0 Å². The molecular weight excluding hydrogens is 290 g/mol. The van der Waals surface area contributed by atoms with Crippen LogP contribution in [-0.2, 0) is 6.54 Å². The van der Waals surface area contributed by atoms with Crippen molar-refractivity contribution < 1.29 is 4.79 Å². The molecule has 2 aromatic heterocycles. The molecule has 4 rings (SSSR count). The van der Waals surface area contributed by atoms with E-state index in [9.17, 15) is 4.79 Å². The molecule has 2 saturated heterocycles. The highest BCUT2D eigenvalue weighted by molar-refractivity contribution is 5.92. The van der Waals surface area contributed by atoms with E-state index in [1.54, 1.807) is 24.8 Å². The molecule has 6 heteroatoms. The molecule has 0 unspecified atom stereocenters. The molecule has 2 atom stereocenters. The Bertz CT molecular complexity index is 678. The number of nitrogens with zero attached hydrogens (tertiary/aromatic N) is 5. The highest BCUT2D eigenvalue weighted by atomic mass is 16.2. The van der Waals surface area contributed by atoms with Crippen molar-refractivity contribution in [3.63, 3.8) is 0 Å². The van der Waals surface area contributed by atoms with Gasteiger partial charge in [0, 0.05) is 57.0 Å². The van der Waals surface area contributed by atoms with Crippen LogP contribution in [0.15, 0.2) is 43.1 Å². The van der Waals surface area contributed by atoms with Gasteiger partial charge in [0.2, 0.25) is 0 Å². The molecule has 0 bridgehead atoms. The number of piperidine rings is 1. The number of hydrogen-bond donors (Lipinski definition) is 0. The molecule has 1 amide bonds. The third kappa shape index (κ3) is 2.82. The summed E-state index contributed by atoms with van der Waals surface area (Å²) < 4.78 is 0. The first-order valence-corrected chi connectivity index (χ1v) is 7.99. The van der Waals surface area contributed by atoms with Crippen LogP contribution in [0.25, 0.3) is 0 Å². The number of fused-ring (bicyclic) bond motifs is 1. The van der Waals surface area contributed by atoms with Gasteiger partial charge in [-0.25, -0.2) is 4.98 Å². The lowest BCUT2D eigenvalue weighted by atomic mass is 9.82. The van der Waals surface area contributed by atoms with Gasteiger partial charge >= 0.3 is 0 Å². The summed E-state index contributed by atoms with van der Waals surface area (Å²) in [5.74, 6) is 0.697. The molecule has 0 radical (unpaired) electrons. The molecule has 2 aliphatic rings. The standard InChI is InChI=1S/C17H19N5O/c23-17(15-9-19-5-6-20-15)21-7-3-14-11-22(16(14)12-21)10-13-2-1-4-18-8-13/h1-2,4-6,8-9,14,16H,3,7,10-12H2/t14-,16-/m1/s1. The van der Waals surface area contributed by atoms with Crippen molar-refractivity contribution in [2.75, 3.05) is 19.6 Å². The van der Waals surface area contributed by atoms with Crippen LogP contribution in [0.5, 0.6) is 0 Å². The molecule has 0 N–H and O–H groups in total. The van der Waals surface area contributed by atoms with E-state index >= 15 is 0 Å². The van der Waals surface area contributed by atoms with Crippen LogP contribution < -0.4 is 0 Å². The molecule has 0 spiro atoms. The number of carbonyl (C=O) groups is 1. The van der Waals surface area contributed by atoms with Crippen LogP contribution >= 0.6 is 0 Å². The zero-order valence-corrected chi connectivity index (χ0v) is 12.9. The van der Waals surface area contributed by atoms with Crippen molar-refractivity contribution in [1.82, 2.24) is 24.8 Å². The summed E-state index contributed by atoms with van der Waals surface area (Å²) in [6.45, 7) is 3.62. The second kappa shape index (κ2) is 6.04. The van der Waals surface area contributed by atoms with Crippen molar-refractivity contribution >= 4 is 5.91 Å². The largest absolute Gasteiger partial charge is 0.336 e. The summed E-state index contributed by atoms with van der Waals surface area (Å²) in [5.41, 5.74) is 1.66. The van der Waals surface area contributed by atoms with E-state index < -0.39 is 0 Å². The summed E-state index contributed by atoms with van der Waals surface area (Å²) in [6.07, 6.45) is 9.48. The molecule has 0 saturated carbocycles. The first-order valence-electron chi connectivity index (χ1n) is 7.99. The summed E-state index contributed by atoms with van der Waals surface area (Å²) >= 11 is 0. The smallest absolute Gasteiger partial charge is 0.274 e. The molecule has 118 valence electrons. The van der Waals surface area contributed by atoms with E-state index in [2.05, 4.69) is 25.9 Å². The van der Waals surface area contributed by atoms with Crippen LogP contribution in [0, 0.1) is 5.92 Å².